The number of ether oxygens (including phenoxy) is 1. The van der Waals surface area contributed by atoms with Crippen LogP contribution in [-0.4, -0.2) is 41.7 Å². The summed E-state index contributed by atoms with van der Waals surface area (Å²) in [6.45, 7) is 9.17. The van der Waals surface area contributed by atoms with Crippen LogP contribution in [0.5, 0.6) is 11.5 Å². The van der Waals surface area contributed by atoms with Gasteiger partial charge in [-0.3, -0.25) is 9.59 Å². The molecule has 3 aromatic carbocycles. The molecule has 0 bridgehead atoms. The number of aliphatic carboxylic acids is 1. The molecule has 2 N–H and O–H groups in total. The molecule has 7 heteroatoms. The number of benzene rings is 3. The fourth-order valence-electron chi connectivity index (χ4n) is 3.27. The maximum absolute atomic E-state index is 12.5. The van der Waals surface area contributed by atoms with E-state index in [-0.39, 0.29) is 36.8 Å². The minimum atomic E-state index is -1.00. The van der Waals surface area contributed by atoms with Crippen molar-refractivity contribution in [2.24, 2.45) is 0 Å². The zero-order chi connectivity index (χ0) is 23.1. The third kappa shape index (κ3) is 5.43. The number of hydrogen-bond acceptors (Lipinski definition) is 5. The van der Waals surface area contributed by atoms with Gasteiger partial charge in [0, 0.05) is 17.3 Å². The molecule has 0 aliphatic carbocycles. The van der Waals surface area contributed by atoms with Crippen LogP contribution >= 0.6 is 0 Å². The predicted octanol–water partition coefficient (Wildman–Crippen LogP) is 4.45. The molecule has 0 amide bonds. The van der Waals surface area contributed by atoms with E-state index in [0.717, 1.165) is 5.56 Å². The van der Waals surface area contributed by atoms with Crippen molar-refractivity contribution in [3.63, 3.8) is 0 Å². The van der Waals surface area contributed by atoms with Gasteiger partial charge in [-0.05, 0) is 30.7 Å². The molecule has 0 atom stereocenters. The van der Waals surface area contributed by atoms with Gasteiger partial charge < -0.3 is 19.8 Å². The topological polar surface area (TPSA) is 91.4 Å². The molecule has 7 nitrogen and oxygen atoms in total. The van der Waals surface area contributed by atoms with Crippen LogP contribution in [-0.2, 0) is 4.79 Å². The second kappa shape index (κ2) is 10.1. The smallest absolute Gasteiger partial charge is 0.323 e. The lowest BCUT2D eigenvalue weighted by Gasteiger charge is -2.25. The van der Waals surface area contributed by atoms with Gasteiger partial charge in [-0.25, -0.2) is 4.85 Å². The Bertz CT molecular complexity index is 1170. The zero-order valence-electron chi connectivity index (χ0n) is 17.5. The van der Waals surface area contributed by atoms with Crippen LogP contribution < -0.4 is 9.64 Å². The Morgan fingerprint density at radius 1 is 1.06 bits per heavy atom. The number of rotatable bonds is 9. The number of ketones is 1. The van der Waals surface area contributed by atoms with Crippen molar-refractivity contribution in [1.82, 2.24) is 0 Å². The summed E-state index contributed by atoms with van der Waals surface area (Å²) >= 11 is 0. The maximum Gasteiger partial charge on any atom is 0.323 e. The molecule has 0 saturated heterocycles. The third-order valence-electron chi connectivity index (χ3n) is 4.87. The number of carbonyl (C=O) groups is 2. The first kappa shape index (κ1) is 22.4. The minimum Gasteiger partial charge on any atom is -0.507 e. The van der Waals surface area contributed by atoms with Crippen molar-refractivity contribution in [3.8, 4) is 11.5 Å². The van der Waals surface area contributed by atoms with Crippen LogP contribution in [0.3, 0.4) is 0 Å². The zero-order valence-corrected chi connectivity index (χ0v) is 17.5. The second-order valence-electron chi connectivity index (χ2n) is 7.12. The van der Waals surface area contributed by atoms with Crippen LogP contribution in [0.15, 0.2) is 66.7 Å². The summed E-state index contributed by atoms with van der Waals surface area (Å²) in [5, 5.41) is 19.6. The fraction of sp³-hybridized carbons (Fsp3) is 0.160. The first-order valence-electron chi connectivity index (χ1n) is 9.89. The van der Waals surface area contributed by atoms with E-state index in [1.54, 1.807) is 59.5 Å². The van der Waals surface area contributed by atoms with Crippen LogP contribution in [0.4, 0.5) is 11.4 Å². The molecule has 3 aromatic rings. The quantitative estimate of drug-likeness (QED) is 0.385. The molecule has 0 radical (unpaired) electrons. The number of nitrogens with zero attached hydrogens (tertiary/aromatic N) is 2. The monoisotopic (exact) mass is 430 g/mol. The highest BCUT2D eigenvalue weighted by atomic mass is 16.5. The number of phenolic OH excluding ortho intramolecular Hbond substituents is 1. The lowest BCUT2D eigenvalue weighted by Crippen LogP contribution is -2.33. The van der Waals surface area contributed by atoms with E-state index < -0.39 is 5.97 Å². The molecule has 0 spiro atoms. The first-order valence-corrected chi connectivity index (χ1v) is 9.89. The summed E-state index contributed by atoms with van der Waals surface area (Å²) in [6, 6.07) is 18.2. The number of carbonyl (C=O) groups excluding carboxylic acids is 1. The number of carboxylic acid groups (broad SMARTS) is 1. The largest absolute Gasteiger partial charge is 0.507 e. The molecule has 0 unspecified atom stereocenters. The molecular weight excluding hydrogens is 408 g/mol. The van der Waals surface area contributed by atoms with E-state index in [2.05, 4.69) is 4.85 Å². The van der Waals surface area contributed by atoms with Crippen molar-refractivity contribution < 1.29 is 24.5 Å². The number of carboxylic acids is 1. The van der Waals surface area contributed by atoms with Gasteiger partial charge in [0.05, 0.1) is 18.7 Å². The van der Waals surface area contributed by atoms with Crippen molar-refractivity contribution >= 4 is 23.1 Å². The van der Waals surface area contributed by atoms with Gasteiger partial charge in [-0.2, -0.15) is 0 Å². The summed E-state index contributed by atoms with van der Waals surface area (Å²) in [7, 11) is 0. The Hall–Kier alpha value is -4.31. The van der Waals surface area contributed by atoms with Gasteiger partial charge in [0.15, 0.2) is 11.5 Å². The van der Waals surface area contributed by atoms with Crippen LogP contribution in [0.25, 0.3) is 4.85 Å². The maximum atomic E-state index is 12.5. The second-order valence-corrected chi connectivity index (χ2v) is 7.12. The normalized spacial score (nSPS) is 10.2. The highest BCUT2D eigenvalue weighted by molar-refractivity contribution is 6.10. The van der Waals surface area contributed by atoms with Crippen LogP contribution in [0.2, 0.25) is 0 Å². The Kier molecular flexibility index (Phi) is 7.09. The number of anilines is 1. The lowest BCUT2D eigenvalue weighted by atomic mass is 10.0. The van der Waals surface area contributed by atoms with E-state index in [1.165, 1.54) is 12.1 Å². The molecule has 162 valence electrons. The molecule has 32 heavy (non-hydrogen) atoms. The molecule has 3 rings (SSSR count). The van der Waals surface area contributed by atoms with E-state index in [4.69, 9.17) is 11.3 Å². The van der Waals surface area contributed by atoms with Gasteiger partial charge >= 0.3 is 5.97 Å². The Balaban J connectivity index is 1.70. The summed E-state index contributed by atoms with van der Waals surface area (Å²) in [5.41, 5.74) is 2.56. The summed E-state index contributed by atoms with van der Waals surface area (Å²) in [5.74, 6) is -1.13. The summed E-state index contributed by atoms with van der Waals surface area (Å²) in [4.78, 5) is 28.9. The van der Waals surface area contributed by atoms with Crippen LogP contribution in [0.1, 0.15) is 21.5 Å². The van der Waals surface area contributed by atoms with E-state index >= 15 is 0 Å². The highest BCUT2D eigenvalue weighted by Gasteiger charge is 2.16. The average molecular weight is 430 g/mol. The van der Waals surface area contributed by atoms with E-state index in [1.807, 2.05) is 6.92 Å². The highest BCUT2D eigenvalue weighted by Crippen LogP contribution is 2.27. The van der Waals surface area contributed by atoms with Gasteiger partial charge in [-0.15, -0.1) is 0 Å². The van der Waals surface area contributed by atoms with E-state index in [0.29, 0.717) is 22.7 Å². The molecule has 0 aromatic heterocycles. The molecule has 0 aliphatic rings. The van der Waals surface area contributed by atoms with Crippen molar-refractivity contribution in [1.29, 1.82) is 0 Å². The van der Waals surface area contributed by atoms with Crippen molar-refractivity contribution in [2.75, 3.05) is 24.6 Å². The molecule has 0 fully saturated rings. The minimum absolute atomic E-state index is 0.139. The standard InChI is InChI=1S/C25H22N2O5/c1-17-8-9-19(26-2)14-22(17)27(16-24(29)30)12-13-32-20-10-11-21(23(28)15-20)25(31)18-6-4-3-5-7-18/h3-11,14-15,28H,12-13,16H2,1H3,(H,29,30). The Labute approximate surface area is 185 Å². The van der Waals surface area contributed by atoms with Crippen molar-refractivity contribution in [3.05, 3.63) is 94.8 Å². The lowest BCUT2D eigenvalue weighted by molar-refractivity contribution is -0.135. The van der Waals surface area contributed by atoms with Crippen LogP contribution in [0, 0.1) is 13.5 Å². The SMILES string of the molecule is [C-]#[N+]c1ccc(C)c(N(CCOc2ccc(C(=O)c3ccccc3)c(O)c2)CC(=O)O)c1. The fourth-order valence-corrected chi connectivity index (χ4v) is 3.27. The number of aryl methyl sites for hydroxylation is 1. The summed E-state index contributed by atoms with van der Waals surface area (Å²) in [6.07, 6.45) is 0. The number of phenols is 1. The Morgan fingerprint density at radius 2 is 1.81 bits per heavy atom. The van der Waals surface area contributed by atoms with Gasteiger partial charge in [0.2, 0.25) is 0 Å². The molecular formula is C25H22N2O5. The predicted molar refractivity (Wildman–Crippen MR) is 121 cm³/mol. The Morgan fingerprint density at radius 3 is 2.47 bits per heavy atom. The third-order valence-corrected chi connectivity index (χ3v) is 4.87. The first-order chi connectivity index (χ1) is 15.4. The molecule has 0 heterocycles. The summed E-state index contributed by atoms with van der Waals surface area (Å²) < 4.78 is 5.69. The van der Waals surface area contributed by atoms with Gasteiger partial charge in [-0.1, -0.05) is 42.5 Å². The molecule has 0 saturated carbocycles. The van der Waals surface area contributed by atoms with Gasteiger partial charge in [0.1, 0.15) is 24.7 Å². The molecule has 0 aliphatic heterocycles. The number of aromatic hydroxyl groups is 1. The number of hydrogen-bond donors (Lipinski definition) is 2. The van der Waals surface area contributed by atoms with Gasteiger partial charge in [0.25, 0.3) is 0 Å². The van der Waals surface area contributed by atoms with Crippen molar-refractivity contribution in [2.45, 2.75) is 6.92 Å². The average Bonchev–Trinajstić information content (AvgIpc) is 2.79. The van der Waals surface area contributed by atoms with E-state index in [9.17, 15) is 19.8 Å².